The summed E-state index contributed by atoms with van der Waals surface area (Å²) >= 11 is 1.41. The Morgan fingerprint density at radius 1 is 1.00 bits per heavy atom. The summed E-state index contributed by atoms with van der Waals surface area (Å²) in [4.78, 5) is 12.4. The molecule has 5 heteroatoms. The van der Waals surface area contributed by atoms with Gasteiger partial charge in [-0.05, 0) is 36.6 Å². The lowest BCUT2D eigenvalue weighted by molar-refractivity contribution is -0.410. The SMILES string of the molecule is COc1ccc(CC[N+]2=C[C@](C)(Cc3ccccc3)SC2=O)cc1OC. The molecule has 0 saturated heterocycles. The number of hydrogen-bond acceptors (Lipinski definition) is 4. The van der Waals surface area contributed by atoms with Crippen molar-refractivity contribution in [1.29, 1.82) is 0 Å². The van der Waals surface area contributed by atoms with E-state index in [1.165, 1.54) is 17.3 Å². The lowest BCUT2D eigenvalue weighted by atomic mass is 10.0. The molecule has 1 atom stereocenters. The van der Waals surface area contributed by atoms with Gasteiger partial charge in [-0.1, -0.05) is 36.4 Å². The van der Waals surface area contributed by atoms with Crippen LogP contribution in [0, 0.1) is 0 Å². The van der Waals surface area contributed by atoms with Crippen molar-refractivity contribution in [2.24, 2.45) is 0 Å². The number of carbonyl (C=O) groups excluding carboxylic acids is 1. The van der Waals surface area contributed by atoms with Gasteiger partial charge in [0.05, 0.1) is 14.2 Å². The third-order valence-corrected chi connectivity index (χ3v) is 5.60. The van der Waals surface area contributed by atoms with E-state index in [4.69, 9.17) is 9.47 Å². The van der Waals surface area contributed by atoms with Gasteiger partial charge in [-0.2, -0.15) is 4.58 Å². The first kappa shape index (κ1) is 18.5. The Kier molecular flexibility index (Phi) is 5.67. The highest BCUT2D eigenvalue weighted by molar-refractivity contribution is 8.15. The van der Waals surface area contributed by atoms with Gasteiger partial charge >= 0.3 is 5.24 Å². The minimum atomic E-state index is -0.198. The van der Waals surface area contributed by atoms with Gasteiger partial charge in [-0.3, -0.25) is 0 Å². The number of benzene rings is 2. The highest BCUT2D eigenvalue weighted by Gasteiger charge is 2.42. The topological polar surface area (TPSA) is 38.5 Å². The van der Waals surface area contributed by atoms with Crippen LogP contribution in [-0.4, -0.2) is 41.5 Å². The van der Waals surface area contributed by atoms with Crippen molar-refractivity contribution in [3.05, 3.63) is 59.7 Å². The maximum Gasteiger partial charge on any atom is 0.449 e. The van der Waals surface area contributed by atoms with Crippen LogP contribution < -0.4 is 9.47 Å². The zero-order chi connectivity index (χ0) is 18.6. The number of carbonyl (C=O) groups is 1. The third kappa shape index (κ3) is 4.28. The zero-order valence-corrected chi connectivity index (χ0v) is 16.2. The molecular formula is C21H24NO3S+. The van der Waals surface area contributed by atoms with Gasteiger partial charge in [-0.15, -0.1) is 0 Å². The molecule has 1 aliphatic rings. The molecule has 0 aromatic heterocycles. The second-order valence-electron chi connectivity index (χ2n) is 6.60. The molecule has 0 spiro atoms. The summed E-state index contributed by atoms with van der Waals surface area (Å²) in [5, 5.41) is 0.115. The summed E-state index contributed by atoms with van der Waals surface area (Å²) in [5.41, 5.74) is 2.36. The molecule has 0 aliphatic carbocycles. The Hall–Kier alpha value is -2.27. The standard InChI is InChI=1S/C21H24NO3S/c1-21(14-17-7-5-4-6-8-17)15-22(20(23)26-21)12-11-16-9-10-18(24-2)19(13-16)25-3/h4-10,13,15H,11-12,14H2,1-3H3/q+1/t21-/m0/s1. The first-order chi connectivity index (χ1) is 12.5. The molecule has 0 radical (unpaired) electrons. The highest BCUT2D eigenvalue weighted by Crippen LogP contribution is 2.34. The fourth-order valence-electron chi connectivity index (χ4n) is 3.19. The first-order valence-corrected chi connectivity index (χ1v) is 9.45. The van der Waals surface area contributed by atoms with Crippen LogP contribution >= 0.6 is 11.8 Å². The maximum absolute atomic E-state index is 12.4. The van der Waals surface area contributed by atoms with E-state index in [9.17, 15) is 4.79 Å². The molecule has 0 N–H and O–H groups in total. The molecule has 3 rings (SSSR count). The lowest BCUT2D eigenvalue weighted by Crippen LogP contribution is -2.24. The van der Waals surface area contributed by atoms with E-state index in [1.807, 2.05) is 41.0 Å². The van der Waals surface area contributed by atoms with E-state index in [0.29, 0.717) is 18.0 Å². The predicted octanol–water partition coefficient (Wildman–Crippen LogP) is 4.20. The summed E-state index contributed by atoms with van der Waals surface area (Å²) in [6.45, 7) is 2.78. The molecule has 2 aromatic carbocycles. The molecule has 4 nitrogen and oxygen atoms in total. The van der Waals surface area contributed by atoms with Crippen LogP contribution in [0.3, 0.4) is 0 Å². The molecule has 1 amide bonds. The average molecular weight is 370 g/mol. The van der Waals surface area contributed by atoms with Gasteiger partial charge in [0.25, 0.3) is 0 Å². The third-order valence-electron chi connectivity index (χ3n) is 4.47. The summed E-state index contributed by atoms with van der Waals surface area (Å²) < 4.78 is 12.3. The van der Waals surface area contributed by atoms with E-state index >= 15 is 0 Å². The van der Waals surface area contributed by atoms with Crippen molar-refractivity contribution in [2.75, 3.05) is 20.8 Å². The summed E-state index contributed by atoms with van der Waals surface area (Å²) in [6.07, 6.45) is 3.69. The van der Waals surface area contributed by atoms with Crippen molar-refractivity contribution in [3.63, 3.8) is 0 Å². The van der Waals surface area contributed by atoms with Gasteiger partial charge in [-0.25, -0.2) is 4.79 Å². The van der Waals surface area contributed by atoms with Gasteiger partial charge in [0, 0.05) is 18.2 Å². The smallest absolute Gasteiger partial charge is 0.449 e. The van der Waals surface area contributed by atoms with Crippen LogP contribution in [0.1, 0.15) is 18.1 Å². The molecule has 26 heavy (non-hydrogen) atoms. The Labute approximate surface area is 158 Å². The molecule has 0 bridgehead atoms. The van der Waals surface area contributed by atoms with Crippen molar-refractivity contribution in [1.82, 2.24) is 0 Å². The maximum atomic E-state index is 12.4. The number of hydrogen-bond donors (Lipinski definition) is 0. The second-order valence-corrected chi connectivity index (χ2v) is 8.09. The molecule has 1 heterocycles. The fourth-order valence-corrected chi connectivity index (χ4v) is 4.27. The Balaban J connectivity index is 1.68. The molecule has 2 aromatic rings. The van der Waals surface area contributed by atoms with E-state index in [0.717, 1.165) is 18.4 Å². The van der Waals surface area contributed by atoms with Crippen LogP contribution in [0.5, 0.6) is 11.5 Å². The van der Waals surface area contributed by atoms with Gasteiger partial charge in [0.15, 0.2) is 24.3 Å². The number of thioether (sulfide) groups is 1. The largest absolute Gasteiger partial charge is 0.493 e. The van der Waals surface area contributed by atoms with E-state index in [2.05, 4.69) is 25.3 Å². The van der Waals surface area contributed by atoms with Crippen molar-refractivity contribution >= 4 is 23.2 Å². The number of ether oxygens (including phenoxy) is 2. The fraction of sp³-hybridized carbons (Fsp3) is 0.333. The van der Waals surface area contributed by atoms with Crippen molar-refractivity contribution < 1.29 is 18.8 Å². The average Bonchev–Trinajstić information content (AvgIpc) is 2.93. The van der Waals surface area contributed by atoms with Crippen molar-refractivity contribution in [2.45, 2.75) is 24.5 Å². The Morgan fingerprint density at radius 2 is 1.73 bits per heavy atom. The van der Waals surface area contributed by atoms with Gasteiger partial charge in [0.2, 0.25) is 0 Å². The Bertz CT molecular complexity index is 819. The zero-order valence-electron chi connectivity index (χ0n) is 15.4. The van der Waals surface area contributed by atoms with Crippen LogP contribution in [-0.2, 0) is 12.8 Å². The lowest BCUT2D eigenvalue weighted by Gasteiger charge is -2.14. The Morgan fingerprint density at radius 3 is 2.42 bits per heavy atom. The number of methoxy groups -OCH3 is 2. The molecule has 1 aliphatic heterocycles. The quantitative estimate of drug-likeness (QED) is 0.685. The normalized spacial score (nSPS) is 19.3. The van der Waals surface area contributed by atoms with Crippen LogP contribution in [0.2, 0.25) is 0 Å². The van der Waals surface area contributed by atoms with Crippen LogP contribution in [0.4, 0.5) is 4.79 Å². The number of nitrogens with zero attached hydrogens (tertiary/aromatic N) is 1. The van der Waals surface area contributed by atoms with Crippen LogP contribution in [0.25, 0.3) is 0 Å². The molecular weight excluding hydrogens is 346 g/mol. The molecule has 0 unspecified atom stereocenters. The second kappa shape index (κ2) is 7.96. The van der Waals surface area contributed by atoms with E-state index < -0.39 is 0 Å². The van der Waals surface area contributed by atoms with E-state index in [-0.39, 0.29) is 9.99 Å². The first-order valence-electron chi connectivity index (χ1n) is 8.63. The minimum absolute atomic E-state index is 0.115. The van der Waals surface area contributed by atoms with Gasteiger partial charge < -0.3 is 9.47 Å². The van der Waals surface area contributed by atoms with Crippen molar-refractivity contribution in [3.8, 4) is 11.5 Å². The number of rotatable bonds is 7. The van der Waals surface area contributed by atoms with E-state index in [1.54, 1.807) is 14.2 Å². The summed E-state index contributed by atoms with van der Waals surface area (Å²) in [5.74, 6) is 1.43. The molecule has 0 fully saturated rings. The van der Waals surface area contributed by atoms with Crippen LogP contribution in [0.15, 0.2) is 48.5 Å². The monoisotopic (exact) mass is 370 g/mol. The molecule has 136 valence electrons. The minimum Gasteiger partial charge on any atom is -0.493 e. The van der Waals surface area contributed by atoms with Gasteiger partial charge in [0.1, 0.15) is 4.75 Å². The number of amides is 1. The highest BCUT2D eigenvalue weighted by atomic mass is 32.2. The summed E-state index contributed by atoms with van der Waals surface area (Å²) in [6, 6.07) is 16.2. The predicted molar refractivity (Wildman–Crippen MR) is 106 cm³/mol. The molecule has 0 saturated carbocycles. The summed E-state index contributed by atoms with van der Waals surface area (Å²) in [7, 11) is 3.26.